The van der Waals surface area contributed by atoms with Crippen LogP contribution >= 0.6 is 11.6 Å². The lowest BCUT2D eigenvalue weighted by Crippen LogP contribution is -2.26. The zero-order valence-electron chi connectivity index (χ0n) is 19.3. The fourth-order valence-electron chi connectivity index (χ4n) is 3.35. The second-order valence-corrected chi connectivity index (χ2v) is 12.5. The van der Waals surface area contributed by atoms with Gasteiger partial charge in [0.2, 0.25) is 10.0 Å². The molecule has 0 bridgehead atoms. The number of hydrogen-bond acceptors (Lipinski definition) is 6. The molecule has 0 heterocycles. The molecule has 12 heteroatoms. The molecular weight excluding hydrogens is 533 g/mol. The molecule has 0 aliphatic heterocycles. The van der Waals surface area contributed by atoms with Crippen LogP contribution in [0.1, 0.15) is 12.5 Å². The lowest BCUT2D eigenvalue weighted by Gasteiger charge is -2.19. The fraction of sp³-hybridized carbons (Fsp3) is 0.208. The summed E-state index contributed by atoms with van der Waals surface area (Å²) in [5.41, 5.74) is 1.34. The number of carbonyl (C=O) groups is 1. The zero-order chi connectivity index (χ0) is 26.7. The van der Waals surface area contributed by atoms with Gasteiger partial charge in [0.05, 0.1) is 20.6 Å². The van der Waals surface area contributed by atoms with Crippen molar-refractivity contribution < 1.29 is 35.9 Å². The van der Waals surface area contributed by atoms with Crippen LogP contribution in [0, 0.1) is 5.82 Å². The third kappa shape index (κ3) is 6.22. The van der Waals surface area contributed by atoms with Crippen molar-refractivity contribution in [3.63, 3.8) is 0 Å². The summed E-state index contributed by atoms with van der Waals surface area (Å²) in [7, 11) is -6.19. The molecule has 192 valence electrons. The third-order valence-electron chi connectivity index (χ3n) is 5.28. The molecule has 0 saturated carbocycles. The monoisotopic (exact) mass is 555 g/mol. The van der Waals surface area contributed by atoms with Gasteiger partial charge < -0.3 is 9.84 Å². The average Bonchev–Trinajstić information content (AvgIpc) is 2.84. The van der Waals surface area contributed by atoms with Crippen LogP contribution in [-0.2, 0) is 31.2 Å². The van der Waals surface area contributed by atoms with Crippen molar-refractivity contribution in [2.75, 3.05) is 19.4 Å². The molecule has 3 aromatic rings. The SMILES string of the molecule is CCS(=O)(=O)c1cccc(-c2cc(CN(C)S(=O)(=O)c3ccc(F)c(Cl)c3)ccc2OCC(=O)O)c1. The highest BCUT2D eigenvalue weighted by molar-refractivity contribution is 7.91. The minimum Gasteiger partial charge on any atom is -0.481 e. The summed E-state index contributed by atoms with van der Waals surface area (Å²) < 4.78 is 70.6. The number of halogens is 2. The smallest absolute Gasteiger partial charge is 0.341 e. The van der Waals surface area contributed by atoms with Gasteiger partial charge in [0.15, 0.2) is 16.4 Å². The van der Waals surface area contributed by atoms with Crippen LogP contribution in [0.5, 0.6) is 5.75 Å². The maximum absolute atomic E-state index is 13.5. The second kappa shape index (κ2) is 11.0. The average molecular weight is 556 g/mol. The van der Waals surface area contributed by atoms with Crippen molar-refractivity contribution in [1.82, 2.24) is 4.31 Å². The molecule has 0 radical (unpaired) electrons. The predicted octanol–water partition coefficient (Wildman–Crippen LogP) is 4.22. The van der Waals surface area contributed by atoms with Crippen LogP contribution < -0.4 is 4.74 Å². The number of nitrogens with zero attached hydrogens (tertiary/aromatic N) is 1. The number of carboxylic acid groups (broad SMARTS) is 1. The van der Waals surface area contributed by atoms with E-state index in [1.807, 2.05) is 0 Å². The Bertz CT molecular complexity index is 1510. The van der Waals surface area contributed by atoms with Gasteiger partial charge >= 0.3 is 5.97 Å². The van der Waals surface area contributed by atoms with Gasteiger partial charge in [-0.05, 0) is 53.6 Å². The molecule has 0 saturated heterocycles. The van der Waals surface area contributed by atoms with E-state index < -0.39 is 38.3 Å². The number of ether oxygens (including phenoxy) is 1. The highest BCUT2D eigenvalue weighted by Gasteiger charge is 2.23. The van der Waals surface area contributed by atoms with E-state index in [4.69, 9.17) is 21.4 Å². The molecule has 1 N–H and O–H groups in total. The Labute approximate surface area is 213 Å². The van der Waals surface area contributed by atoms with E-state index in [9.17, 15) is 26.0 Å². The molecule has 0 unspecified atom stereocenters. The topological polar surface area (TPSA) is 118 Å². The molecule has 0 aliphatic rings. The third-order valence-corrected chi connectivity index (χ3v) is 9.11. The van der Waals surface area contributed by atoms with Crippen molar-refractivity contribution in [2.45, 2.75) is 23.3 Å². The maximum atomic E-state index is 13.5. The van der Waals surface area contributed by atoms with Gasteiger partial charge in [0.1, 0.15) is 11.6 Å². The van der Waals surface area contributed by atoms with Crippen LogP contribution in [0.4, 0.5) is 4.39 Å². The van der Waals surface area contributed by atoms with E-state index in [0.717, 1.165) is 22.5 Å². The normalized spacial score (nSPS) is 12.0. The Morgan fingerprint density at radius 3 is 2.39 bits per heavy atom. The lowest BCUT2D eigenvalue weighted by atomic mass is 10.0. The van der Waals surface area contributed by atoms with E-state index >= 15 is 0 Å². The first-order chi connectivity index (χ1) is 16.8. The number of sulfonamides is 1. The van der Waals surface area contributed by atoms with Crippen LogP contribution in [-0.4, -0.2) is 51.6 Å². The molecule has 0 amide bonds. The first-order valence-electron chi connectivity index (χ1n) is 10.6. The summed E-state index contributed by atoms with van der Waals surface area (Å²) in [5.74, 6) is -1.86. The Morgan fingerprint density at radius 1 is 1.03 bits per heavy atom. The summed E-state index contributed by atoms with van der Waals surface area (Å²) in [6.45, 7) is 0.796. The fourth-order valence-corrected chi connectivity index (χ4v) is 5.71. The van der Waals surface area contributed by atoms with Gasteiger partial charge in [-0.2, -0.15) is 4.31 Å². The summed E-state index contributed by atoms with van der Waals surface area (Å²) in [5, 5.41) is 8.69. The predicted molar refractivity (Wildman–Crippen MR) is 133 cm³/mol. The summed E-state index contributed by atoms with van der Waals surface area (Å²) >= 11 is 5.74. The Balaban J connectivity index is 2.01. The van der Waals surface area contributed by atoms with Crippen molar-refractivity contribution in [3.8, 4) is 16.9 Å². The maximum Gasteiger partial charge on any atom is 0.341 e. The number of hydrogen-bond donors (Lipinski definition) is 1. The summed E-state index contributed by atoms with van der Waals surface area (Å²) in [6.07, 6.45) is 0. The number of rotatable bonds is 10. The van der Waals surface area contributed by atoms with Gasteiger partial charge in [0, 0.05) is 19.2 Å². The second-order valence-electron chi connectivity index (χ2n) is 7.78. The minimum absolute atomic E-state index is 0.0879. The first-order valence-corrected chi connectivity index (χ1v) is 14.0. The summed E-state index contributed by atoms with van der Waals surface area (Å²) in [4.78, 5) is 10.9. The number of aliphatic carboxylic acids is 1. The van der Waals surface area contributed by atoms with Crippen LogP contribution in [0.3, 0.4) is 0 Å². The molecule has 3 rings (SSSR count). The van der Waals surface area contributed by atoms with Crippen LogP contribution in [0.25, 0.3) is 11.1 Å². The van der Waals surface area contributed by atoms with E-state index in [2.05, 4.69) is 0 Å². The van der Waals surface area contributed by atoms with Gasteiger partial charge in [-0.1, -0.05) is 36.7 Å². The Morgan fingerprint density at radius 2 is 1.75 bits per heavy atom. The first kappa shape index (κ1) is 27.6. The van der Waals surface area contributed by atoms with Gasteiger partial charge in [0.25, 0.3) is 0 Å². The van der Waals surface area contributed by atoms with E-state index in [-0.39, 0.29) is 32.9 Å². The van der Waals surface area contributed by atoms with Crippen molar-refractivity contribution in [1.29, 1.82) is 0 Å². The Hall–Kier alpha value is -2.99. The highest BCUT2D eigenvalue weighted by Crippen LogP contribution is 2.33. The van der Waals surface area contributed by atoms with Gasteiger partial charge in [-0.25, -0.2) is 26.0 Å². The molecule has 3 aromatic carbocycles. The van der Waals surface area contributed by atoms with Crippen molar-refractivity contribution in [3.05, 3.63) is 77.1 Å². The number of carboxylic acids is 1. The molecular formula is C24H23ClFNO7S2. The quantitative estimate of drug-likeness (QED) is 0.398. The van der Waals surface area contributed by atoms with Crippen LogP contribution in [0.15, 0.2) is 70.5 Å². The van der Waals surface area contributed by atoms with E-state index in [0.29, 0.717) is 16.7 Å². The highest BCUT2D eigenvalue weighted by atomic mass is 35.5. The van der Waals surface area contributed by atoms with Crippen molar-refractivity contribution in [2.24, 2.45) is 0 Å². The molecule has 0 atom stereocenters. The minimum atomic E-state index is -4.02. The largest absolute Gasteiger partial charge is 0.481 e. The molecule has 8 nitrogen and oxygen atoms in total. The molecule has 0 fully saturated rings. The van der Waals surface area contributed by atoms with Gasteiger partial charge in [-0.3, -0.25) is 0 Å². The standard InChI is InChI=1S/C24H23ClFNO7S2/c1-3-35(30,31)18-6-4-5-17(12-18)20-11-16(7-10-23(20)34-15-24(28)29)14-27(2)36(32,33)19-8-9-22(26)21(25)13-19/h4-13H,3,14-15H2,1-2H3,(H,28,29). The van der Waals surface area contributed by atoms with E-state index in [1.165, 1.54) is 32.2 Å². The zero-order valence-corrected chi connectivity index (χ0v) is 21.7. The van der Waals surface area contributed by atoms with Crippen molar-refractivity contribution >= 4 is 37.4 Å². The van der Waals surface area contributed by atoms with E-state index in [1.54, 1.807) is 24.3 Å². The number of benzene rings is 3. The lowest BCUT2D eigenvalue weighted by molar-refractivity contribution is -0.139. The Kier molecular flexibility index (Phi) is 8.40. The summed E-state index contributed by atoms with van der Waals surface area (Å²) in [6, 6.07) is 13.9. The molecule has 0 spiro atoms. The molecule has 0 aliphatic carbocycles. The number of sulfone groups is 1. The van der Waals surface area contributed by atoms with Gasteiger partial charge in [-0.15, -0.1) is 0 Å². The molecule has 0 aromatic heterocycles. The van der Waals surface area contributed by atoms with Crippen LogP contribution in [0.2, 0.25) is 5.02 Å². The molecule has 36 heavy (non-hydrogen) atoms.